The van der Waals surface area contributed by atoms with Crippen molar-refractivity contribution < 1.29 is 19.1 Å². The number of fused-ring (bicyclic) bond motifs is 2. The first-order valence-electron chi connectivity index (χ1n) is 7.08. The number of carbonyl (C=O) groups excluding carboxylic acids is 2. The summed E-state index contributed by atoms with van der Waals surface area (Å²) >= 11 is 0. The summed E-state index contributed by atoms with van der Waals surface area (Å²) in [6.45, 7) is 0. The molecule has 4 heteroatoms. The van der Waals surface area contributed by atoms with Gasteiger partial charge in [0.2, 0.25) is 6.29 Å². The van der Waals surface area contributed by atoms with E-state index in [9.17, 15) is 9.59 Å². The number of esters is 1. The van der Waals surface area contributed by atoms with Crippen LogP contribution in [-0.2, 0) is 14.3 Å². The number of rotatable bonds is 2. The van der Waals surface area contributed by atoms with E-state index >= 15 is 0 Å². The molecule has 1 heterocycles. The Morgan fingerprint density at radius 3 is 2.67 bits per heavy atom. The summed E-state index contributed by atoms with van der Waals surface area (Å²) in [6, 6.07) is 13.7. The molecule has 0 amide bonds. The van der Waals surface area contributed by atoms with Gasteiger partial charge in [0.25, 0.3) is 0 Å². The van der Waals surface area contributed by atoms with Crippen molar-refractivity contribution in [3.8, 4) is 5.75 Å². The van der Waals surface area contributed by atoms with Crippen molar-refractivity contribution in [1.29, 1.82) is 0 Å². The molecule has 4 rings (SSSR count). The third kappa shape index (κ3) is 2.07. The van der Waals surface area contributed by atoms with Gasteiger partial charge in [-0.15, -0.1) is 0 Å². The molecule has 0 aromatic heterocycles. The van der Waals surface area contributed by atoms with Gasteiger partial charge in [0.05, 0.1) is 11.8 Å². The number of cyclic esters (lactones) is 1. The lowest BCUT2D eigenvalue weighted by molar-refractivity contribution is -0.155. The molecule has 0 radical (unpaired) electrons. The third-order valence-corrected chi connectivity index (χ3v) is 4.29. The summed E-state index contributed by atoms with van der Waals surface area (Å²) in [7, 11) is 0. The smallest absolute Gasteiger partial charge is 0.313 e. The summed E-state index contributed by atoms with van der Waals surface area (Å²) < 4.78 is 11.1. The molecule has 0 spiro atoms. The Labute approximate surface area is 121 Å². The van der Waals surface area contributed by atoms with Crippen LogP contribution in [0.3, 0.4) is 0 Å². The van der Waals surface area contributed by atoms with Crippen LogP contribution in [0, 0.1) is 11.8 Å². The van der Waals surface area contributed by atoms with E-state index in [1.165, 1.54) is 0 Å². The van der Waals surface area contributed by atoms with Crippen LogP contribution in [-0.4, -0.2) is 18.0 Å². The molecule has 2 fully saturated rings. The van der Waals surface area contributed by atoms with E-state index in [1.807, 2.05) is 42.5 Å². The Balaban J connectivity index is 1.60. The van der Waals surface area contributed by atoms with Crippen LogP contribution < -0.4 is 4.74 Å². The second-order valence-corrected chi connectivity index (χ2v) is 5.65. The van der Waals surface area contributed by atoms with Crippen LogP contribution in [0.15, 0.2) is 42.5 Å². The van der Waals surface area contributed by atoms with Gasteiger partial charge in [-0.3, -0.25) is 9.59 Å². The fourth-order valence-electron chi connectivity index (χ4n) is 3.20. The molecule has 1 aliphatic carbocycles. The molecule has 1 saturated heterocycles. The highest BCUT2D eigenvalue weighted by Crippen LogP contribution is 2.40. The molecule has 3 atom stereocenters. The van der Waals surface area contributed by atoms with Crippen molar-refractivity contribution in [2.45, 2.75) is 19.1 Å². The van der Waals surface area contributed by atoms with Gasteiger partial charge in [-0.1, -0.05) is 30.3 Å². The SMILES string of the molecule is O=C1C[C@@H]2[C@@H](Oc3ccc4ccccc4c3)OC(=O)[C@@H]2C1. The number of ketones is 1. The van der Waals surface area contributed by atoms with Gasteiger partial charge in [-0.25, -0.2) is 0 Å². The van der Waals surface area contributed by atoms with Gasteiger partial charge in [0.1, 0.15) is 11.5 Å². The van der Waals surface area contributed by atoms with Gasteiger partial charge in [0, 0.05) is 12.8 Å². The summed E-state index contributed by atoms with van der Waals surface area (Å²) in [6.07, 6.45) is 0.0190. The topological polar surface area (TPSA) is 52.6 Å². The summed E-state index contributed by atoms with van der Waals surface area (Å²) in [5.41, 5.74) is 0. The van der Waals surface area contributed by atoms with Crippen molar-refractivity contribution >= 4 is 22.5 Å². The van der Waals surface area contributed by atoms with Crippen LogP contribution in [0.25, 0.3) is 10.8 Å². The third-order valence-electron chi connectivity index (χ3n) is 4.29. The van der Waals surface area contributed by atoms with E-state index < -0.39 is 6.29 Å². The van der Waals surface area contributed by atoms with Crippen molar-refractivity contribution in [3.05, 3.63) is 42.5 Å². The Morgan fingerprint density at radius 1 is 1.00 bits per heavy atom. The molecule has 21 heavy (non-hydrogen) atoms. The van der Waals surface area contributed by atoms with E-state index in [0.29, 0.717) is 18.6 Å². The highest BCUT2D eigenvalue weighted by Gasteiger charge is 2.51. The maximum atomic E-state index is 11.8. The Bertz CT molecular complexity index is 736. The van der Waals surface area contributed by atoms with E-state index in [4.69, 9.17) is 9.47 Å². The Hall–Kier alpha value is -2.36. The van der Waals surface area contributed by atoms with Crippen LogP contribution in [0.4, 0.5) is 0 Å². The maximum Gasteiger partial charge on any atom is 0.313 e. The largest absolute Gasteiger partial charge is 0.454 e. The maximum absolute atomic E-state index is 11.8. The number of hydrogen-bond acceptors (Lipinski definition) is 4. The number of hydrogen-bond donors (Lipinski definition) is 0. The monoisotopic (exact) mass is 282 g/mol. The van der Waals surface area contributed by atoms with Gasteiger partial charge in [-0.2, -0.15) is 0 Å². The number of ether oxygens (including phenoxy) is 2. The number of benzene rings is 2. The molecule has 4 nitrogen and oxygen atoms in total. The minimum atomic E-state index is -0.643. The lowest BCUT2D eigenvalue weighted by atomic mass is 9.99. The molecule has 0 unspecified atom stereocenters. The lowest BCUT2D eigenvalue weighted by Crippen LogP contribution is -2.24. The fraction of sp³-hybridized carbons (Fsp3) is 0.294. The van der Waals surface area contributed by atoms with Gasteiger partial charge < -0.3 is 9.47 Å². The zero-order valence-electron chi connectivity index (χ0n) is 11.3. The minimum Gasteiger partial charge on any atom is -0.454 e. The number of carbonyl (C=O) groups is 2. The van der Waals surface area contributed by atoms with Crippen molar-refractivity contribution in [3.63, 3.8) is 0 Å². The van der Waals surface area contributed by atoms with Crippen LogP contribution in [0.1, 0.15) is 12.8 Å². The molecule has 2 aromatic rings. The minimum absolute atomic E-state index is 0.119. The second kappa shape index (κ2) is 4.58. The zero-order valence-corrected chi connectivity index (χ0v) is 11.3. The first-order valence-corrected chi connectivity index (χ1v) is 7.08. The highest BCUT2D eigenvalue weighted by molar-refractivity contribution is 5.90. The standard InChI is InChI=1S/C17H14O4/c18-12-8-14-15(9-12)17(21-16(14)19)20-13-6-5-10-3-1-2-4-11(10)7-13/h1-7,14-15,17H,8-9H2/t14-,15+,17+/m1/s1. The molecule has 0 N–H and O–H groups in total. The molecule has 2 aliphatic rings. The molecular formula is C17H14O4. The number of Topliss-reactive ketones (excluding diaryl/α,β-unsaturated/α-hetero) is 1. The predicted molar refractivity (Wildman–Crippen MR) is 75.7 cm³/mol. The molecule has 2 aromatic carbocycles. The Kier molecular flexibility index (Phi) is 2.70. The molecular weight excluding hydrogens is 268 g/mol. The van der Waals surface area contributed by atoms with E-state index in [0.717, 1.165) is 10.8 Å². The van der Waals surface area contributed by atoms with Gasteiger partial charge in [-0.05, 0) is 22.9 Å². The van der Waals surface area contributed by atoms with E-state index in [2.05, 4.69) is 0 Å². The normalized spacial score (nSPS) is 27.7. The predicted octanol–water partition coefficient (Wildman–Crippen LogP) is 2.70. The van der Waals surface area contributed by atoms with Gasteiger partial charge in [0.15, 0.2) is 0 Å². The van der Waals surface area contributed by atoms with E-state index in [-0.39, 0.29) is 23.6 Å². The van der Waals surface area contributed by atoms with Crippen molar-refractivity contribution in [1.82, 2.24) is 0 Å². The lowest BCUT2D eigenvalue weighted by Gasteiger charge is -2.17. The fourth-order valence-corrected chi connectivity index (χ4v) is 3.20. The first kappa shape index (κ1) is 12.4. The molecule has 1 saturated carbocycles. The summed E-state index contributed by atoms with van der Waals surface area (Å²) in [4.78, 5) is 23.3. The van der Waals surface area contributed by atoms with Gasteiger partial charge >= 0.3 is 5.97 Å². The van der Waals surface area contributed by atoms with Crippen LogP contribution in [0.2, 0.25) is 0 Å². The Morgan fingerprint density at radius 2 is 1.81 bits per heavy atom. The molecule has 0 bridgehead atoms. The average molecular weight is 282 g/mol. The van der Waals surface area contributed by atoms with Crippen molar-refractivity contribution in [2.75, 3.05) is 0 Å². The van der Waals surface area contributed by atoms with Crippen LogP contribution >= 0.6 is 0 Å². The average Bonchev–Trinajstić information content (AvgIpc) is 2.99. The summed E-state index contributed by atoms with van der Waals surface area (Å²) in [5, 5.41) is 2.19. The van der Waals surface area contributed by atoms with E-state index in [1.54, 1.807) is 0 Å². The van der Waals surface area contributed by atoms with Crippen molar-refractivity contribution in [2.24, 2.45) is 11.8 Å². The quantitative estimate of drug-likeness (QED) is 0.795. The molecule has 106 valence electrons. The zero-order chi connectivity index (χ0) is 14.4. The molecule has 1 aliphatic heterocycles. The second-order valence-electron chi connectivity index (χ2n) is 5.65. The van der Waals surface area contributed by atoms with Crippen LogP contribution in [0.5, 0.6) is 5.75 Å². The first-order chi connectivity index (χ1) is 10.2. The highest BCUT2D eigenvalue weighted by atomic mass is 16.7. The summed E-state index contributed by atoms with van der Waals surface area (Å²) in [5.74, 6) is 0.0105.